The van der Waals surface area contributed by atoms with Gasteiger partial charge in [-0.1, -0.05) is 56.5 Å². The van der Waals surface area contributed by atoms with Crippen molar-refractivity contribution in [3.8, 4) is 0 Å². The topological polar surface area (TPSA) is 69.7 Å². The molecule has 1 N–H and O–H groups in total. The molecule has 1 amide bonds. The molecule has 0 atom stereocenters. The summed E-state index contributed by atoms with van der Waals surface area (Å²) >= 11 is 0. The minimum absolute atomic E-state index is 0.00536. The number of benzene rings is 1. The van der Waals surface area contributed by atoms with Gasteiger partial charge < -0.3 is 10.2 Å². The van der Waals surface area contributed by atoms with Crippen LogP contribution in [0, 0.1) is 11.8 Å². The van der Waals surface area contributed by atoms with Gasteiger partial charge in [-0.05, 0) is 43.6 Å². The number of sulfonamides is 1. The van der Waals surface area contributed by atoms with E-state index in [1.807, 2.05) is 6.07 Å². The van der Waals surface area contributed by atoms with Crippen molar-refractivity contribution in [2.24, 2.45) is 11.8 Å². The van der Waals surface area contributed by atoms with Crippen LogP contribution >= 0.6 is 0 Å². The minimum atomic E-state index is -3.33. The van der Waals surface area contributed by atoms with Crippen molar-refractivity contribution in [2.75, 3.05) is 45.0 Å². The van der Waals surface area contributed by atoms with E-state index in [1.165, 1.54) is 24.8 Å². The van der Waals surface area contributed by atoms with Crippen molar-refractivity contribution in [3.63, 3.8) is 0 Å². The summed E-state index contributed by atoms with van der Waals surface area (Å²) in [6, 6.07) is 10.4. The Balaban J connectivity index is 1.32. The third-order valence-electron chi connectivity index (χ3n) is 7.13. The number of rotatable bonds is 11. The molecule has 1 saturated carbocycles. The first kappa shape index (κ1) is 25.2. The molecule has 180 valence electrons. The molecule has 0 unspecified atom stereocenters. The summed E-state index contributed by atoms with van der Waals surface area (Å²) in [6.45, 7) is 5.98. The molecule has 0 aromatic heterocycles. The van der Waals surface area contributed by atoms with Crippen LogP contribution < -0.4 is 5.32 Å². The highest BCUT2D eigenvalue weighted by Gasteiger charge is 2.28. The summed E-state index contributed by atoms with van der Waals surface area (Å²) < 4.78 is 27.1. The monoisotopic (exact) mass is 463 g/mol. The number of unbranched alkanes of at least 4 members (excludes halogenated alkanes) is 1. The Hall–Kier alpha value is -1.44. The smallest absolute Gasteiger partial charge is 0.223 e. The van der Waals surface area contributed by atoms with Crippen molar-refractivity contribution in [1.82, 2.24) is 14.5 Å². The van der Waals surface area contributed by atoms with Crippen molar-refractivity contribution in [2.45, 2.75) is 58.3 Å². The number of nitrogens with one attached hydrogen (secondary N) is 1. The molecule has 1 heterocycles. The van der Waals surface area contributed by atoms with Gasteiger partial charge in [-0.15, -0.1) is 0 Å². The Labute approximate surface area is 194 Å². The second-order valence-corrected chi connectivity index (χ2v) is 11.5. The van der Waals surface area contributed by atoms with Gasteiger partial charge in [-0.2, -0.15) is 4.31 Å². The van der Waals surface area contributed by atoms with E-state index in [1.54, 1.807) is 4.31 Å². The summed E-state index contributed by atoms with van der Waals surface area (Å²) in [5, 5.41) is 2.90. The molecule has 0 bridgehead atoms. The van der Waals surface area contributed by atoms with Crippen molar-refractivity contribution >= 4 is 15.9 Å². The zero-order valence-electron chi connectivity index (χ0n) is 19.7. The lowest BCUT2D eigenvalue weighted by Gasteiger charge is -2.34. The molecule has 7 heteroatoms. The standard InChI is InChI=1S/C25H41N3O3S/c1-2-3-7-23-10-12-24(13-11-23)25(29)26-15-21-32(30,31)28-19-17-27(18-20-28)16-14-22-8-5-4-6-9-22/h4-6,8-9,23-24H,2-3,7,10-21H2,1H3,(H,26,29). The van der Waals surface area contributed by atoms with Crippen molar-refractivity contribution in [1.29, 1.82) is 0 Å². The highest BCUT2D eigenvalue weighted by molar-refractivity contribution is 7.89. The van der Waals surface area contributed by atoms with Gasteiger partial charge >= 0.3 is 0 Å². The molecule has 1 aromatic carbocycles. The molecule has 0 spiro atoms. The fourth-order valence-corrected chi connectivity index (χ4v) is 6.28. The first-order valence-corrected chi connectivity index (χ1v) is 14.1. The Morgan fingerprint density at radius 3 is 2.38 bits per heavy atom. The van der Waals surface area contributed by atoms with Crippen molar-refractivity contribution in [3.05, 3.63) is 35.9 Å². The molecule has 2 aliphatic rings. The van der Waals surface area contributed by atoms with Crippen LogP contribution in [-0.2, 0) is 21.2 Å². The van der Waals surface area contributed by atoms with E-state index < -0.39 is 10.0 Å². The third kappa shape index (κ3) is 7.85. The van der Waals surface area contributed by atoms with Crippen LogP contribution in [0.1, 0.15) is 57.4 Å². The van der Waals surface area contributed by atoms with Gasteiger partial charge in [0, 0.05) is 45.2 Å². The van der Waals surface area contributed by atoms with E-state index in [0.717, 1.165) is 57.7 Å². The van der Waals surface area contributed by atoms with E-state index in [-0.39, 0.29) is 24.1 Å². The van der Waals surface area contributed by atoms with Gasteiger partial charge in [0.2, 0.25) is 15.9 Å². The Morgan fingerprint density at radius 2 is 1.72 bits per heavy atom. The molecule has 0 radical (unpaired) electrons. The lowest BCUT2D eigenvalue weighted by molar-refractivity contribution is -0.126. The van der Waals surface area contributed by atoms with Gasteiger partial charge in [0.1, 0.15) is 0 Å². The number of hydrogen-bond acceptors (Lipinski definition) is 4. The average molecular weight is 464 g/mol. The predicted molar refractivity (Wildman–Crippen MR) is 130 cm³/mol. The summed E-state index contributed by atoms with van der Waals surface area (Å²) in [4.78, 5) is 14.8. The van der Waals surface area contributed by atoms with Crippen LogP contribution in [-0.4, -0.2) is 68.6 Å². The fourth-order valence-electron chi connectivity index (χ4n) is 4.95. The van der Waals surface area contributed by atoms with Crippen LogP contribution in [0.15, 0.2) is 30.3 Å². The number of nitrogens with zero attached hydrogens (tertiary/aromatic N) is 2. The Morgan fingerprint density at radius 1 is 1.03 bits per heavy atom. The third-order valence-corrected chi connectivity index (χ3v) is 9.00. The fraction of sp³-hybridized carbons (Fsp3) is 0.720. The molecule has 6 nitrogen and oxygen atoms in total. The van der Waals surface area contributed by atoms with Crippen molar-refractivity contribution < 1.29 is 13.2 Å². The maximum absolute atomic E-state index is 12.7. The zero-order valence-corrected chi connectivity index (χ0v) is 20.5. The number of piperazine rings is 1. The molecule has 2 fully saturated rings. The Bertz CT molecular complexity index is 784. The normalized spacial score (nSPS) is 23.2. The van der Waals surface area contributed by atoms with Gasteiger partial charge in [-0.25, -0.2) is 8.42 Å². The molecular weight excluding hydrogens is 422 g/mol. The van der Waals surface area contributed by atoms with Crippen LogP contribution in [0.2, 0.25) is 0 Å². The predicted octanol–water partition coefficient (Wildman–Crippen LogP) is 3.29. The summed E-state index contributed by atoms with van der Waals surface area (Å²) in [6.07, 6.45) is 8.92. The summed E-state index contributed by atoms with van der Waals surface area (Å²) in [5.41, 5.74) is 1.31. The number of hydrogen-bond donors (Lipinski definition) is 1. The molecular formula is C25H41N3O3S. The van der Waals surface area contributed by atoms with E-state index in [0.29, 0.717) is 13.1 Å². The first-order chi connectivity index (χ1) is 15.5. The lowest BCUT2D eigenvalue weighted by Crippen LogP contribution is -2.50. The van der Waals surface area contributed by atoms with E-state index in [4.69, 9.17) is 0 Å². The van der Waals surface area contributed by atoms with Gasteiger partial charge in [0.15, 0.2) is 0 Å². The molecule has 32 heavy (non-hydrogen) atoms. The van der Waals surface area contributed by atoms with E-state index in [9.17, 15) is 13.2 Å². The van der Waals surface area contributed by atoms with E-state index in [2.05, 4.69) is 41.4 Å². The second-order valence-electron chi connectivity index (χ2n) is 9.44. The zero-order chi connectivity index (χ0) is 22.8. The van der Waals surface area contributed by atoms with E-state index >= 15 is 0 Å². The SMILES string of the molecule is CCCCC1CCC(C(=O)NCCS(=O)(=O)N2CCN(CCc3ccccc3)CC2)CC1. The molecule has 3 rings (SSSR count). The second kappa shape index (κ2) is 12.7. The maximum Gasteiger partial charge on any atom is 0.223 e. The number of carbonyl (C=O) groups is 1. The highest BCUT2D eigenvalue weighted by atomic mass is 32.2. The summed E-state index contributed by atoms with van der Waals surface area (Å²) in [7, 11) is -3.33. The molecule has 1 aliphatic carbocycles. The molecule has 1 saturated heterocycles. The van der Waals surface area contributed by atoms with Gasteiger partial charge in [0.25, 0.3) is 0 Å². The van der Waals surface area contributed by atoms with Gasteiger partial charge in [-0.3, -0.25) is 4.79 Å². The van der Waals surface area contributed by atoms with Crippen LogP contribution in [0.3, 0.4) is 0 Å². The number of amides is 1. The van der Waals surface area contributed by atoms with Crippen LogP contribution in [0.5, 0.6) is 0 Å². The van der Waals surface area contributed by atoms with Gasteiger partial charge in [0.05, 0.1) is 5.75 Å². The quantitative estimate of drug-likeness (QED) is 0.547. The van der Waals surface area contributed by atoms with Crippen LogP contribution in [0.25, 0.3) is 0 Å². The minimum Gasteiger partial charge on any atom is -0.355 e. The number of carbonyl (C=O) groups excluding carboxylic acids is 1. The largest absolute Gasteiger partial charge is 0.355 e. The highest BCUT2D eigenvalue weighted by Crippen LogP contribution is 2.31. The maximum atomic E-state index is 12.7. The lowest BCUT2D eigenvalue weighted by atomic mass is 9.79. The first-order valence-electron chi connectivity index (χ1n) is 12.5. The molecule has 1 aliphatic heterocycles. The summed E-state index contributed by atoms with van der Waals surface area (Å²) in [5.74, 6) is 0.864. The average Bonchev–Trinajstić information content (AvgIpc) is 2.82. The molecule has 1 aromatic rings. The Kier molecular flexibility index (Phi) is 10.0. The van der Waals surface area contributed by atoms with Crippen LogP contribution in [0.4, 0.5) is 0 Å².